The van der Waals surface area contributed by atoms with Crippen molar-refractivity contribution in [3.05, 3.63) is 65.2 Å². The van der Waals surface area contributed by atoms with Crippen LogP contribution in [-0.2, 0) is 5.41 Å². The number of carbonyl (C=O) groups is 1. The maximum absolute atomic E-state index is 13.7. The van der Waals surface area contributed by atoms with Crippen LogP contribution in [0.15, 0.2) is 42.5 Å². The van der Waals surface area contributed by atoms with Crippen molar-refractivity contribution >= 4 is 11.7 Å². The zero-order chi connectivity index (χ0) is 25.5. The number of carbonyl (C=O) groups excluding carboxylic acids is 1. The van der Waals surface area contributed by atoms with Gasteiger partial charge in [-0.1, -0.05) is 12.1 Å². The summed E-state index contributed by atoms with van der Waals surface area (Å²) in [4.78, 5) is 16.6. The molecular formula is C27H28F4N4O. The maximum atomic E-state index is 13.7. The van der Waals surface area contributed by atoms with E-state index in [1.165, 1.54) is 6.07 Å². The first-order valence-electron chi connectivity index (χ1n) is 12.3. The summed E-state index contributed by atoms with van der Waals surface area (Å²) < 4.78 is 54.4. The number of amides is 2. The van der Waals surface area contributed by atoms with Crippen molar-refractivity contribution in [2.75, 3.05) is 31.5 Å². The van der Waals surface area contributed by atoms with Crippen molar-refractivity contribution in [2.45, 2.75) is 49.5 Å². The summed E-state index contributed by atoms with van der Waals surface area (Å²) >= 11 is 0. The van der Waals surface area contributed by atoms with E-state index in [0.717, 1.165) is 43.4 Å². The third-order valence-electron chi connectivity index (χ3n) is 8.06. The summed E-state index contributed by atoms with van der Waals surface area (Å²) in [5.74, 6) is -4.41. The molecule has 1 heterocycles. The number of benzene rings is 2. The molecule has 0 bridgehead atoms. The van der Waals surface area contributed by atoms with Gasteiger partial charge in [-0.2, -0.15) is 5.26 Å². The Kier molecular flexibility index (Phi) is 6.41. The van der Waals surface area contributed by atoms with Gasteiger partial charge in [0.15, 0.2) is 11.6 Å². The molecule has 2 aromatic carbocycles. The van der Waals surface area contributed by atoms with Crippen LogP contribution in [0.4, 0.5) is 28.0 Å². The molecule has 5 nitrogen and oxygen atoms in total. The summed E-state index contributed by atoms with van der Waals surface area (Å²) in [7, 11) is 0. The van der Waals surface area contributed by atoms with E-state index in [1.54, 1.807) is 15.9 Å². The summed E-state index contributed by atoms with van der Waals surface area (Å²) in [6.45, 7) is 0.533. The van der Waals surface area contributed by atoms with Crippen LogP contribution in [0.3, 0.4) is 0 Å². The van der Waals surface area contributed by atoms with Gasteiger partial charge in [-0.15, -0.1) is 0 Å². The molecule has 0 aromatic heterocycles. The minimum atomic E-state index is -2.71. The van der Waals surface area contributed by atoms with E-state index in [0.29, 0.717) is 18.0 Å². The number of hydrogen-bond donors (Lipinski definition) is 1. The SMILES string of the molecule is N#Cc1cccc([C@]23CC[C@@H](N(CCN4CCC(F)(F)C4)C(=O)Nc4ccc(F)c(F)c4)CC2C3)c1. The first-order chi connectivity index (χ1) is 17.2. The third kappa shape index (κ3) is 4.92. The number of nitrogens with zero attached hydrogens (tertiary/aromatic N) is 3. The smallest absolute Gasteiger partial charge is 0.320 e. The van der Waals surface area contributed by atoms with Crippen LogP contribution in [0.5, 0.6) is 0 Å². The lowest BCUT2D eigenvalue weighted by molar-refractivity contribution is 0.0114. The average Bonchev–Trinajstić information content (AvgIpc) is 3.50. The van der Waals surface area contributed by atoms with Crippen LogP contribution in [0.2, 0.25) is 0 Å². The molecule has 2 aliphatic carbocycles. The van der Waals surface area contributed by atoms with Gasteiger partial charge in [-0.3, -0.25) is 4.90 Å². The fourth-order valence-corrected chi connectivity index (χ4v) is 6.01. The van der Waals surface area contributed by atoms with Crippen molar-refractivity contribution in [1.82, 2.24) is 9.80 Å². The number of halogens is 4. The molecule has 2 saturated carbocycles. The lowest BCUT2D eigenvalue weighted by Crippen LogP contribution is -2.48. The monoisotopic (exact) mass is 500 g/mol. The molecule has 190 valence electrons. The molecule has 1 unspecified atom stereocenters. The highest BCUT2D eigenvalue weighted by molar-refractivity contribution is 5.89. The van der Waals surface area contributed by atoms with Gasteiger partial charge in [0.1, 0.15) is 0 Å². The predicted octanol–water partition coefficient (Wildman–Crippen LogP) is 5.52. The highest BCUT2D eigenvalue weighted by atomic mass is 19.3. The van der Waals surface area contributed by atoms with E-state index in [1.807, 2.05) is 12.1 Å². The number of hydrogen-bond acceptors (Lipinski definition) is 3. The molecule has 5 rings (SSSR count). The number of likely N-dealkylation sites (tertiary alicyclic amines) is 1. The van der Waals surface area contributed by atoms with Crippen LogP contribution in [0, 0.1) is 28.9 Å². The maximum Gasteiger partial charge on any atom is 0.322 e. The van der Waals surface area contributed by atoms with Crippen LogP contribution < -0.4 is 5.32 Å². The van der Waals surface area contributed by atoms with E-state index in [2.05, 4.69) is 17.5 Å². The number of alkyl halides is 2. The zero-order valence-electron chi connectivity index (χ0n) is 19.8. The Balaban J connectivity index is 1.30. The minimum absolute atomic E-state index is 0.0165. The molecule has 1 N–H and O–H groups in total. The van der Waals surface area contributed by atoms with Crippen LogP contribution in [-0.4, -0.2) is 54.0 Å². The van der Waals surface area contributed by atoms with E-state index < -0.39 is 23.6 Å². The quantitative estimate of drug-likeness (QED) is 0.532. The molecule has 3 aliphatic rings. The van der Waals surface area contributed by atoms with Gasteiger partial charge in [-0.05, 0) is 66.8 Å². The van der Waals surface area contributed by atoms with Crippen LogP contribution >= 0.6 is 0 Å². The second-order valence-corrected chi connectivity index (χ2v) is 10.3. The van der Waals surface area contributed by atoms with Gasteiger partial charge in [0.05, 0.1) is 18.2 Å². The highest BCUT2D eigenvalue weighted by Gasteiger charge is 2.58. The van der Waals surface area contributed by atoms with E-state index in [9.17, 15) is 27.6 Å². The van der Waals surface area contributed by atoms with Gasteiger partial charge >= 0.3 is 6.03 Å². The number of anilines is 1. The van der Waals surface area contributed by atoms with Crippen LogP contribution in [0.1, 0.15) is 43.2 Å². The van der Waals surface area contributed by atoms with Crippen molar-refractivity contribution in [3.8, 4) is 6.07 Å². The van der Waals surface area contributed by atoms with Gasteiger partial charge in [-0.25, -0.2) is 22.4 Å². The zero-order valence-corrected chi connectivity index (χ0v) is 19.8. The number of rotatable bonds is 6. The number of urea groups is 1. The Hall–Kier alpha value is -3.12. The van der Waals surface area contributed by atoms with Crippen molar-refractivity contribution in [2.24, 2.45) is 5.92 Å². The van der Waals surface area contributed by atoms with Crippen molar-refractivity contribution in [3.63, 3.8) is 0 Å². The highest BCUT2D eigenvalue weighted by Crippen LogP contribution is 2.62. The second kappa shape index (κ2) is 9.40. The average molecular weight is 501 g/mol. The lowest BCUT2D eigenvalue weighted by atomic mass is 9.80. The number of nitrogens with one attached hydrogen (secondary N) is 1. The molecule has 2 amide bonds. The second-order valence-electron chi connectivity index (χ2n) is 10.3. The van der Waals surface area contributed by atoms with Gasteiger partial charge in [0.2, 0.25) is 0 Å². The Morgan fingerprint density at radius 1 is 1.17 bits per heavy atom. The summed E-state index contributed by atoms with van der Waals surface area (Å²) in [5, 5.41) is 11.9. The van der Waals surface area contributed by atoms with Gasteiger partial charge in [0.25, 0.3) is 5.92 Å². The molecular weight excluding hydrogens is 472 g/mol. The molecule has 3 fully saturated rings. The summed E-state index contributed by atoms with van der Waals surface area (Å²) in [5.41, 5.74) is 1.94. The minimum Gasteiger partial charge on any atom is -0.320 e. The largest absolute Gasteiger partial charge is 0.322 e. The Morgan fingerprint density at radius 3 is 2.69 bits per heavy atom. The van der Waals surface area contributed by atoms with Gasteiger partial charge in [0, 0.05) is 43.9 Å². The summed E-state index contributed by atoms with van der Waals surface area (Å²) in [6, 6.07) is 12.5. The molecule has 2 aromatic rings. The van der Waals surface area contributed by atoms with Crippen molar-refractivity contribution in [1.29, 1.82) is 5.26 Å². The lowest BCUT2D eigenvalue weighted by Gasteiger charge is -2.37. The molecule has 1 aliphatic heterocycles. The summed E-state index contributed by atoms with van der Waals surface area (Å²) in [6.07, 6.45) is 3.14. The molecule has 0 spiro atoms. The van der Waals surface area contributed by atoms with Crippen molar-refractivity contribution < 1.29 is 22.4 Å². The van der Waals surface area contributed by atoms with E-state index >= 15 is 0 Å². The fraction of sp³-hybridized carbons (Fsp3) is 0.481. The number of fused-ring (bicyclic) bond motifs is 1. The molecule has 0 radical (unpaired) electrons. The predicted molar refractivity (Wildman–Crippen MR) is 127 cm³/mol. The Bertz CT molecular complexity index is 1200. The first kappa shape index (κ1) is 24.6. The van der Waals surface area contributed by atoms with Crippen LogP contribution in [0.25, 0.3) is 0 Å². The topological polar surface area (TPSA) is 59.4 Å². The normalized spacial score (nSPS) is 26.6. The fourth-order valence-electron chi connectivity index (χ4n) is 6.01. The number of nitriles is 1. The molecule has 3 atom stereocenters. The molecule has 1 saturated heterocycles. The Morgan fingerprint density at radius 2 is 2.00 bits per heavy atom. The first-order valence-corrected chi connectivity index (χ1v) is 12.3. The Labute approximate surface area is 207 Å². The standard InChI is InChI=1S/C27H28F4N4O/c28-23-5-4-21(14-24(23)29)33-25(36)35(11-10-34-9-8-27(30,31)17-34)22-6-7-26(15-20(26)13-22)19-3-1-2-18(12-19)16-32/h1-5,12,14,20,22H,6-11,13,15,17H2,(H,33,36)/t20?,22-,26-/m1/s1. The van der Waals surface area contributed by atoms with Gasteiger partial charge < -0.3 is 10.2 Å². The molecule has 9 heteroatoms. The van der Waals surface area contributed by atoms with E-state index in [4.69, 9.17) is 0 Å². The molecule has 36 heavy (non-hydrogen) atoms. The van der Waals surface area contributed by atoms with E-state index in [-0.39, 0.29) is 43.2 Å². The third-order valence-corrected chi connectivity index (χ3v) is 8.06.